The molecule has 0 unspecified atom stereocenters. The number of alkyl halides is 3. The van der Waals surface area contributed by atoms with Gasteiger partial charge in [0.15, 0.2) is 6.61 Å². The highest BCUT2D eigenvalue weighted by molar-refractivity contribution is 7.14. The number of carbonyl (C=O) groups excluding carboxylic acids is 2. The second kappa shape index (κ2) is 7.75. The van der Waals surface area contributed by atoms with Crippen molar-refractivity contribution in [2.45, 2.75) is 6.18 Å². The van der Waals surface area contributed by atoms with Crippen molar-refractivity contribution in [2.24, 2.45) is 0 Å². The highest BCUT2D eigenvalue weighted by atomic mass is 32.1. The van der Waals surface area contributed by atoms with E-state index in [-0.39, 0.29) is 16.0 Å². The zero-order valence-corrected chi connectivity index (χ0v) is 14.6. The number of Topliss-reactive ketones (excluding diaryl/α,β-unsaturated/α-hetero) is 1. The topological polar surface area (TPSA) is 43.4 Å². The molecular weight excluding hydrogens is 377 g/mol. The van der Waals surface area contributed by atoms with E-state index in [1.807, 2.05) is 0 Å². The van der Waals surface area contributed by atoms with E-state index in [1.165, 1.54) is 18.2 Å². The predicted molar refractivity (Wildman–Crippen MR) is 95.8 cm³/mol. The van der Waals surface area contributed by atoms with Crippen LogP contribution in [0.1, 0.15) is 24.9 Å². The summed E-state index contributed by atoms with van der Waals surface area (Å²) in [7, 11) is 0. The maximum Gasteiger partial charge on any atom is 0.426 e. The SMILES string of the molecule is O=C(OCC(=O)c1cc(-c2ccccc2)c(C(F)(F)F)s1)c1ccccc1. The fourth-order valence-electron chi connectivity index (χ4n) is 2.43. The summed E-state index contributed by atoms with van der Waals surface area (Å²) in [4.78, 5) is 23.2. The molecule has 0 aliphatic heterocycles. The molecule has 0 radical (unpaired) electrons. The lowest BCUT2D eigenvalue weighted by molar-refractivity contribution is -0.133. The van der Waals surface area contributed by atoms with Gasteiger partial charge in [0.05, 0.1) is 10.4 Å². The van der Waals surface area contributed by atoms with Crippen LogP contribution in [-0.4, -0.2) is 18.4 Å². The molecule has 1 aromatic heterocycles. The number of rotatable bonds is 5. The Bertz CT molecular complexity index is 948. The smallest absolute Gasteiger partial charge is 0.426 e. The number of ether oxygens (including phenoxy) is 1. The zero-order chi connectivity index (χ0) is 19.4. The van der Waals surface area contributed by atoms with Crippen LogP contribution in [0.2, 0.25) is 0 Å². The third-order valence-corrected chi connectivity index (χ3v) is 4.91. The highest BCUT2D eigenvalue weighted by Gasteiger charge is 2.37. The predicted octanol–water partition coefficient (Wildman–Crippen LogP) is 5.47. The summed E-state index contributed by atoms with van der Waals surface area (Å²) in [5, 5.41) is 0. The van der Waals surface area contributed by atoms with E-state index in [0.29, 0.717) is 16.9 Å². The van der Waals surface area contributed by atoms with Crippen molar-refractivity contribution in [3.63, 3.8) is 0 Å². The molecule has 0 amide bonds. The molecule has 0 saturated carbocycles. The number of halogens is 3. The van der Waals surface area contributed by atoms with Gasteiger partial charge in [-0.2, -0.15) is 13.2 Å². The van der Waals surface area contributed by atoms with Gasteiger partial charge in [0.1, 0.15) is 4.88 Å². The summed E-state index contributed by atoms with van der Waals surface area (Å²) in [6, 6.07) is 17.3. The molecular formula is C20H13F3O3S. The molecule has 3 aromatic rings. The minimum Gasteiger partial charge on any atom is -0.454 e. The molecule has 3 nitrogen and oxygen atoms in total. The maximum atomic E-state index is 13.4. The highest BCUT2D eigenvalue weighted by Crippen LogP contribution is 2.42. The summed E-state index contributed by atoms with van der Waals surface area (Å²) in [6.45, 7) is -0.625. The van der Waals surface area contributed by atoms with Crippen LogP contribution in [0, 0.1) is 0 Å². The third-order valence-electron chi connectivity index (χ3n) is 3.69. The molecule has 0 saturated heterocycles. The molecule has 0 N–H and O–H groups in total. The number of benzene rings is 2. The van der Waals surface area contributed by atoms with E-state index < -0.39 is 29.4 Å². The van der Waals surface area contributed by atoms with E-state index in [0.717, 1.165) is 0 Å². The van der Waals surface area contributed by atoms with Crippen LogP contribution in [0.3, 0.4) is 0 Å². The Balaban J connectivity index is 1.81. The van der Waals surface area contributed by atoms with Crippen molar-refractivity contribution in [1.29, 1.82) is 0 Å². The molecule has 0 atom stereocenters. The first-order valence-corrected chi connectivity index (χ1v) is 8.70. The number of hydrogen-bond acceptors (Lipinski definition) is 4. The molecule has 138 valence electrons. The third kappa shape index (κ3) is 4.43. The molecule has 0 fully saturated rings. The molecule has 0 spiro atoms. The Kier molecular flexibility index (Phi) is 5.41. The van der Waals surface area contributed by atoms with Crippen molar-refractivity contribution in [3.05, 3.63) is 82.0 Å². The molecule has 3 rings (SSSR count). The van der Waals surface area contributed by atoms with E-state index >= 15 is 0 Å². The van der Waals surface area contributed by atoms with Crippen LogP contribution < -0.4 is 0 Å². The van der Waals surface area contributed by atoms with Gasteiger partial charge in [0.2, 0.25) is 5.78 Å². The zero-order valence-electron chi connectivity index (χ0n) is 13.8. The van der Waals surface area contributed by atoms with Crippen molar-refractivity contribution in [2.75, 3.05) is 6.61 Å². The van der Waals surface area contributed by atoms with Crippen molar-refractivity contribution < 1.29 is 27.5 Å². The maximum absolute atomic E-state index is 13.4. The normalized spacial score (nSPS) is 11.2. The lowest BCUT2D eigenvalue weighted by Gasteiger charge is -2.07. The number of carbonyl (C=O) groups is 2. The van der Waals surface area contributed by atoms with E-state index in [1.54, 1.807) is 48.5 Å². The van der Waals surface area contributed by atoms with Gasteiger partial charge in [-0.05, 0) is 23.8 Å². The first-order chi connectivity index (χ1) is 12.9. The molecule has 0 aliphatic carbocycles. The van der Waals surface area contributed by atoms with Gasteiger partial charge in [0, 0.05) is 5.56 Å². The summed E-state index contributed by atoms with van der Waals surface area (Å²) in [5.74, 6) is -1.39. The van der Waals surface area contributed by atoms with Gasteiger partial charge < -0.3 is 4.74 Å². The van der Waals surface area contributed by atoms with Crippen molar-refractivity contribution in [1.82, 2.24) is 0 Å². The average molecular weight is 390 g/mol. The van der Waals surface area contributed by atoms with E-state index in [9.17, 15) is 22.8 Å². The molecule has 27 heavy (non-hydrogen) atoms. The number of thiophene rings is 1. The summed E-state index contributed by atoms with van der Waals surface area (Å²) in [5.41, 5.74) is 0.560. The largest absolute Gasteiger partial charge is 0.454 e. The van der Waals surface area contributed by atoms with Crippen molar-refractivity contribution >= 4 is 23.1 Å². The molecule has 0 aliphatic rings. The summed E-state index contributed by atoms with van der Waals surface area (Å²) >= 11 is 0.351. The van der Waals surface area contributed by atoms with Crippen LogP contribution in [0.4, 0.5) is 13.2 Å². The quantitative estimate of drug-likeness (QED) is 0.428. The number of hydrogen-bond donors (Lipinski definition) is 0. The van der Waals surface area contributed by atoms with E-state index in [4.69, 9.17) is 4.74 Å². The Morgan fingerprint density at radius 1 is 0.926 bits per heavy atom. The van der Waals surface area contributed by atoms with Gasteiger partial charge in [0.25, 0.3) is 0 Å². The fraction of sp³-hybridized carbons (Fsp3) is 0.100. The van der Waals surface area contributed by atoms with Gasteiger partial charge in [-0.1, -0.05) is 48.5 Å². The summed E-state index contributed by atoms with van der Waals surface area (Å²) in [6.07, 6.45) is -4.59. The number of ketones is 1. The Morgan fingerprint density at radius 2 is 1.52 bits per heavy atom. The van der Waals surface area contributed by atoms with Crippen LogP contribution >= 0.6 is 11.3 Å². The molecule has 1 heterocycles. The Hall–Kier alpha value is -2.93. The lowest BCUT2D eigenvalue weighted by atomic mass is 10.1. The monoisotopic (exact) mass is 390 g/mol. The summed E-state index contributed by atoms with van der Waals surface area (Å²) < 4.78 is 45.0. The van der Waals surface area contributed by atoms with Gasteiger partial charge in [-0.25, -0.2) is 4.79 Å². The second-order valence-corrected chi connectivity index (χ2v) is 6.63. The van der Waals surface area contributed by atoms with Gasteiger partial charge >= 0.3 is 12.1 Å². The van der Waals surface area contributed by atoms with Gasteiger partial charge in [-0.3, -0.25) is 4.79 Å². The Morgan fingerprint density at radius 3 is 2.11 bits per heavy atom. The number of esters is 1. The standard InChI is InChI=1S/C20H13F3O3S/c21-20(22,23)18-15(13-7-3-1-4-8-13)11-17(27-18)16(24)12-26-19(25)14-9-5-2-6-10-14/h1-11H,12H2. The lowest BCUT2D eigenvalue weighted by Crippen LogP contribution is -2.13. The van der Waals surface area contributed by atoms with Gasteiger partial charge in [-0.15, -0.1) is 11.3 Å². The molecule has 0 bridgehead atoms. The second-order valence-electron chi connectivity index (χ2n) is 5.58. The first kappa shape index (κ1) is 18.8. The van der Waals surface area contributed by atoms with Crippen LogP contribution in [0.15, 0.2) is 66.7 Å². The Labute approximate surface area is 157 Å². The van der Waals surface area contributed by atoms with Crippen molar-refractivity contribution in [3.8, 4) is 11.1 Å². The van der Waals surface area contributed by atoms with Crippen LogP contribution in [0.5, 0.6) is 0 Å². The molecule has 7 heteroatoms. The average Bonchev–Trinajstić information content (AvgIpc) is 3.13. The first-order valence-electron chi connectivity index (χ1n) is 7.88. The fourth-order valence-corrected chi connectivity index (χ4v) is 3.40. The van der Waals surface area contributed by atoms with Crippen LogP contribution in [0.25, 0.3) is 11.1 Å². The molecule has 2 aromatic carbocycles. The van der Waals surface area contributed by atoms with Crippen LogP contribution in [-0.2, 0) is 10.9 Å². The minimum absolute atomic E-state index is 0.0640. The van der Waals surface area contributed by atoms with E-state index in [2.05, 4.69) is 0 Å². The minimum atomic E-state index is -4.59.